The number of rotatable bonds is 2. The van der Waals surface area contributed by atoms with Crippen LogP contribution in [0.15, 0.2) is 43.2 Å². The topological polar surface area (TPSA) is 3.88 Å². The molecule has 70 valence electrons. The van der Waals surface area contributed by atoms with E-state index in [1.807, 2.05) is 36.7 Å². The second kappa shape index (κ2) is 12.1. The molecule has 0 amide bonds. The van der Waals surface area contributed by atoms with E-state index in [-0.39, 0.29) is 71.9 Å². The standard InChI is InChI=1S/C8H10N.3HI/c1-2-6-9-7-4-3-5-8-9;;;/h2-5,7-8H,1,6H2;3*1H/q+1;;;. The van der Waals surface area contributed by atoms with Crippen molar-refractivity contribution in [2.75, 3.05) is 0 Å². The van der Waals surface area contributed by atoms with Gasteiger partial charge < -0.3 is 0 Å². The zero-order valence-corrected chi connectivity index (χ0v) is 13.5. The van der Waals surface area contributed by atoms with Gasteiger partial charge in [-0.25, -0.2) is 4.57 Å². The quantitative estimate of drug-likeness (QED) is 0.332. The third-order valence-corrected chi connectivity index (χ3v) is 1.12. The Kier molecular flexibility index (Phi) is 18.9. The molecule has 12 heavy (non-hydrogen) atoms. The fourth-order valence-corrected chi connectivity index (χ4v) is 0.705. The van der Waals surface area contributed by atoms with Crippen LogP contribution in [-0.4, -0.2) is 0 Å². The summed E-state index contributed by atoms with van der Waals surface area (Å²) < 4.78 is 2.06. The summed E-state index contributed by atoms with van der Waals surface area (Å²) in [6.45, 7) is 4.52. The van der Waals surface area contributed by atoms with Gasteiger partial charge in [-0.1, -0.05) is 12.6 Å². The average molecular weight is 504 g/mol. The molecule has 0 spiro atoms. The Morgan fingerprint density at radius 2 is 1.50 bits per heavy atom. The summed E-state index contributed by atoms with van der Waals surface area (Å²) in [4.78, 5) is 0. The van der Waals surface area contributed by atoms with E-state index in [1.165, 1.54) is 0 Å². The van der Waals surface area contributed by atoms with Crippen LogP contribution in [0.5, 0.6) is 0 Å². The second-order valence-electron chi connectivity index (χ2n) is 1.86. The van der Waals surface area contributed by atoms with E-state index >= 15 is 0 Å². The first-order chi connectivity index (χ1) is 4.43. The minimum atomic E-state index is 0. The molecule has 1 rings (SSSR count). The maximum atomic E-state index is 3.64. The van der Waals surface area contributed by atoms with E-state index in [1.54, 1.807) is 0 Å². The Labute approximate surface area is 125 Å². The van der Waals surface area contributed by atoms with Crippen molar-refractivity contribution < 1.29 is 4.57 Å². The second-order valence-corrected chi connectivity index (χ2v) is 1.86. The van der Waals surface area contributed by atoms with Crippen molar-refractivity contribution in [3.8, 4) is 0 Å². The fraction of sp³-hybridized carbons (Fsp3) is 0.125. The Bertz CT molecular complexity index is 189. The van der Waals surface area contributed by atoms with Gasteiger partial charge in [0.05, 0.1) is 0 Å². The van der Waals surface area contributed by atoms with Gasteiger partial charge in [0.15, 0.2) is 18.9 Å². The number of hydrogen-bond acceptors (Lipinski definition) is 0. The van der Waals surface area contributed by atoms with Crippen LogP contribution in [0.4, 0.5) is 0 Å². The predicted octanol–water partition coefficient (Wildman–Crippen LogP) is 3.01. The predicted molar refractivity (Wildman–Crippen MR) is 83.1 cm³/mol. The van der Waals surface area contributed by atoms with Gasteiger partial charge in [0.25, 0.3) is 0 Å². The first kappa shape index (κ1) is 18.8. The molecular formula is C8H13I3N+. The molecule has 1 aromatic heterocycles. The minimum Gasteiger partial charge on any atom is -0.201 e. The van der Waals surface area contributed by atoms with Crippen LogP contribution in [0.25, 0.3) is 0 Å². The van der Waals surface area contributed by atoms with Crippen LogP contribution in [0, 0.1) is 0 Å². The first-order valence-corrected chi connectivity index (χ1v) is 2.98. The highest BCUT2D eigenvalue weighted by atomic mass is 127. The van der Waals surface area contributed by atoms with Crippen molar-refractivity contribution in [1.29, 1.82) is 0 Å². The van der Waals surface area contributed by atoms with Crippen molar-refractivity contribution in [3.63, 3.8) is 0 Å². The van der Waals surface area contributed by atoms with Crippen LogP contribution in [-0.2, 0) is 6.54 Å². The first-order valence-electron chi connectivity index (χ1n) is 2.98. The lowest BCUT2D eigenvalue weighted by Gasteiger charge is -1.86. The molecule has 1 aromatic rings. The van der Waals surface area contributed by atoms with Crippen molar-refractivity contribution in [1.82, 2.24) is 0 Å². The van der Waals surface area contributed by atoms with E-state index in [9.17, 15) is 0 Å². The molecule has 0 aliphatic carbocycles. The molecule has 0 unspecified atom stereocenters. The van der Waals surface area contributed by atoms with Crippen LogP contribution in [0.2, 0.25) is 0 Å². The molecule has 0 saturated carbocycles. The molecular weight excluding hydrogens is 491 g/mol. The summed E-state index contributed by atoms with van der Waals surface area (Å²) in [5.41, 5.74) is 0. The Morgan fingerprint density at radius 3 is 1.92 bits per heavy atom. The third-order valence-electron chi connectivity index (χ3n) is 1.12. The third kappa shape index (κ3) is 7.71. The van der Waals surface area contributed by atoms with Gasteiger partial charge in [0, 0.05) is 12.1 Å². The monoisotopic (exact) mass is 504 g/mol. The molecule has 0 aliphatic heterocycles. The van der Waals surface area contributed by atoms with Crippen LogP contribution < -0.4 is 4.57 Å². The van der Waals surface area contributed by atoms with E-state index in [2.05, 4.69) is 11.1 Å². The Morgan fingerprint density at radius 1 is 1.00 bits per heavy atom. The highest BCUT2D eigenvalue weighted by molar-refractivity contribution is 14.0. The summed E-state index contributed by atoms with van der Waals surface area (Å²) in [5.74, 6) is 0. The fourth-order valence-electron chi connectivity index (χ4n) is 0.705. The number of aromatic nitrogens is 1. The molecule has 0 saturated heterocycles. The molecule has 0 fully saturated rings. The minimum absolute atomic E-state index is 0. The summed E-state index contributed by atoms with van der Waals surface area (Å²) in [6.07, 6.45) is 5.91. The molecule has 0 aliphatic rings. The summed E-state index contributed by atoms with van der Waals surface area (Å²) in [6, 6.07) is 6.01. The van der Waals surface area contributed by atoms with E-state index < -0.39 is 0 Å². The Balaban J connectivity index is -0.000000270. The van der Waals surface area contributed by atoms with Crippen molar-refractivity contribution in [2.45, 2.75) is 6.54 Å². The van der Waals surface area contributed by atoms with Crippen molar-refractivity contribution in [3.05, 3.63) is 43.2 Å². The molecule has 1 nitrogen and oxygen atoms in total. The number of allylic oxidation sites excluding steroid dienone is 1. The van der Waals surface area contributed by atoms with Gasteiger partial charge in [-0.3, -0.25) is 0 Å². The molecule has 0 aromatic carbocycles. The lowest BCUT2D eigenvalue weighted by atomic mass is 10.5. The van der Waals surface area contributed by atoms with Crippen molar-refractivity contribution >= 4 is 71.9 Å². The summed E-state index contributed by atoms with van der Waals surface area (Å²) in [5, 5.41) is 0. The van der Waals surface area contributed by atoms with Gasteiger partial charge in [0.1, 0.15) is 0 Å². The lowest BCUT2D eigenvalue weighted by Crippen LogP contribution is -2.30. The lowest BCUT2D eigenvalue weighted by molar-refractivity contribution is -0.687. The number of halogens is 3. The maximum absolute atomic E-state index is 3.64. The van der Waals surface area contributed by atoms with Crippen LogP contribution >= 0.6 is 71.9 Å². The van der Waals surface area contributed by atoms with E-state index in [0.29, 0.717) is 0 Å². The van der Waals surface area contributed by atoms with Crippen LogP contribution in [0.3, 0.4) is 0 Å². The maximum Gasteiger partial charge on any atom is 0.169 e. The summed E-state index contributed by atoms with van der Waals surface area (Å²) in [7, 11) is 0. The smallest absolute Gasteiger partial charge is 0.169 e. The molecule has 1 heterocycles. The molecule has 0 N–H and O–H groups in total. The molecule has 0 atom stereocenters. The molecule has 0 bridgehead atoms. The molecule has 0 radical (unpaired) electrons. The SMILES string of the molecule is C=CC[n+]1ccccc1.I.I.I. The average Bonchev–Trinajstić information content (AvgIpc) is 1.91. The van der Waals surface area contributed by atoms with Gasteiger partial charge in [-0.15, -0.1) is 71.9 Å². The Hall–Kier alpha value is 1.08. The van der Waals surface area contributed by atoms with Gasteiger partial charge >= 0.3 is 0 Å². The normalized spacial score (nSPS) is 6.67. The highest BCUT2D eigenvalue weighted by Crippen LogP contribution is 1.75. The highest BCUT2D eigenvalue weighted by Gasteiger charge is 1.88. The van der Waals surface area contributed by atoms with Crippen LogP contribution in [0.1, 0.15) is 0 Å². The van der Waals surface area contributed by atoms with Gasteiger partial charge in [-0.05, 0) is 6.08 Å². The zero-order valence-electron chi connectivity index (χ0n) is 6.55. The van der Waals surface area contributed by atoms with Gasteiger partial charge in [-0.2, -0.15) is 0 Å². The zero-order chi connectivity index (χ0) is 6.53. The number of hydrogen-bond donors (Lipinski definition) is 0. The van der Waals surface area contributed by atoms with Crippen molar-refractivity contribution in [2.24, 2.45) is 0 Å². The van der Waals surface area contributed by atoms with E-state index in [4.69, 9.17) is 0 Å². The van der Waals surface area contributed by atoms with Gasteiger partial charge in [0.2, 0.25) is 0 Å². The molecule has 4 heteroatoms. The number of nitrogens with zero attached hydrogens (tertiary/aromatic N) is 1. The van der Waals surface area contributed by atoms with E-state index in [0.717, 1.165) is 6.54 Å². The largest absolute Gasteiger partial charge is 0.201 e. The number of pyridine rings is 1. The summed E-state index contributed by atoms with van der Waals surface area (Å²) >= 11 is 0.